The molecular weight excluding hydrogens is 519 g/mol. The van der Waals surface area contributed by atoms with Crippen molar-refractivity contribution >= 4 is 52.2 Å². The highest BCUT2D eigenvalue weighted by Gasteiger charge is 2.35. The fourth-order valence-electron chi connectivity index (χ4n) is 3.61. The van der Waals surface area contributed by atoms with Gasteiger partial charge in [-0.3, -0.25) is 19.3 Å². The van der Waals surface area contributed by atoms with E-state index in [1.54, 1.807) is 18.2 Å². The molecule has 0 radical (unpaired) electrons. The van der Waals surface area contributed by atoms with Gasteiger partial charge in [0.1, 0.15) is 5.82 Å². The Labute approximate surface area is 222 Å². The minimum atomic E-state index is -0.540. The highest BCUT2D eigenvalue weighted by Crippen LogP contribution is 2.39. The van der Waals surface area contributed by atoms with E-state index in [2.05, 4.69) is 5.32 Å². The van der Waals surface area contributed by atoms with Crippen LogP contribution in [0.15, 0.2) is 65.6 Å². The van der Waals surface area contributed by atoms with Crippen molar-refractivity contribution in [3.05, 3.63) is 93.1 Å². The SMILES string of the molecule is COc1cc(/C=C2\SC(=O)N(Cc3ccccc3F)C2=O)cc(Cl)c1OCC(=O)Nc1cccc(C)c1. The number of hydrogen-bond donors (Lipinski definition) is 1. The number of carbonyl (C=O) groups excluding carboxylic acids is 3. The van der Waals surface area contributed by atoms with Crippen LogP contribution in [0.2, 0.25) is 5.02 Å². The zero-order valence-electron chi connectivity index (χ0n) is 19.9. The summed E-state index contributed by atoms with van der Waals surface area (Å²) < 4.78 is 25.0. The quantitative estimate of drug-likeness (QED) is 0.350. The molecule has 37 heavy (non-hydrogen) atoms. The van der Waals surface area contributed by atoms with Gasteiger partial charge in [0.25, 0.3) is 17.1 Å². The number of carbonyl (C=O) groups is 3. The molecule has 3 aromatic rings. The molecule has 7 nitrogen and oxygen atoms in total. The fourth-order valence-corrected chi connectivity index (χ4v) is 4.72. The van der Waals surface area contributed by atoms with Crippen molar-refractivity contribution in [2.45, 2.75) is 13.5 Å². The van der Waals surface area contributed by atoms with Crippen molar-refractivity contribution in [1.82, 2.24) is 4.90 Å². The zero-order valence-corrected chi connectivity index (χ0v) is 21.5. The third-order valence-corrected chi connectivity index (χ3v) is 6.55. The van der Waals surface area contributed by atoms with Crippen molar-refractivity contribution in [1.29, 1.82) is 0 Å². The zero-order chi connectivity index (χ0) is 26.5. The van der Waals surface area contributed by atoms with Crippen LogP contribution in [0, 0.1) is 12.7 Å². The van der Waals surface area contributed by atoms with Gasteiger partial charge in [-0.1, -0.05) is 41.9 Å². The maximum Gasteiger partial charge on any atom is 0.293 e. The van der Waals surface area contributed by atoms with Crippen molar-refractivity contribution < 1.29 is 28.2 Å². The van der Waals surface area contributed by atoms with Crippen molar-refractivity contribution in [2.75, 3.05) is 19.0 Å². The lowest BCUT2D eigenvalue weighted by Crippen LogP contribution is -2.27. The number of thioether (sulfide) groups is 1. The number of anilines is 1. The summed E-state index contributed by atoms with van der Waals surface area (Å²) in [6.45, 7) is 1.44. The molecule has 3 aromatic carbocycles. The molecule has 0 saturated carbocycles. The second-order valence-electron chi connectivity index (χ2n) is 8.10. The lowest BCUT2D eigenvalue weighted by Gasteiger charge is -2.14. The molecule has 0 aliphatic carbocycles. The average molecular weight is 541 g/mol. The van der Waals surface area contributed by atoms with Gasteiger partial charge in [-0.2, -0.15) is 0 Å². The Morgan fingerprint density at radius 1 is 1.14 bits per heavy atom. The summed E-state index contributed by atoms with van der Waals surface area (Å²) in [5.41, 5.74) is 2.37. The van der Waals surface area contributed by atoms with E-state index in [4.69, 9.17) is 21.1 Å². The number of nitrogens with zero attached hydrogens (tertiary/aromatic N) is 1. The molecule has 0 bridgehead atoms. The van der Waals surface area contributed by atoms with Gasteiger partial charge in [0.2, 0.25) is 0 Å². The van der Waals surface area contributed by atoms with E-state index in [0.717, 1.165) is 22.2 Å². The Bertz CT molecular complexity index is 1410. The van der Waals surface area contributed by atoms with E-state index < -0.39 is 17.0 Å². The summed E-state index contributed by atoms with van der Waals surface area (Å²) in [7, 11) is 1.41. The molecule has 0 unspecified atom stereocenters. The van der Waals surface area contributed by atoms with Crippen molar-refractivity contribution in [2.24, 2.45) is 0 Å². The summed E-state index contributed by atoms with van der Waals surface area (Å²) in [6, 6.07) is 16.4. The molecule has 3 amide bonds. The van der Waals surface area contributed by atoms with E-state index in [0.29, 0.717) is 11.3 Å². The van der Waals surface area contributed by atoms with Gasteiger partial charge in [0.05, 0.1) is 23.6 Å². The average Bonchev–Trinajstić information content (AvgIpc) is 3.11. The first kappa shape index (κ1) is 26.2. The number of nitrogens with one attached hydrogen (secondary N) is 1. The number of hydrogen-bond acceptors (Lipinski definition) is 6. The number of methoxy groups -OCH3 is 1. The van der Waals surface area contributed by atoms with E-state index >= 15 is 0 Å². The van der Waals surface area contributed by atoms with Crippen LogP contribution in [-0.4, -0.2) is 35.7 Å². The Kier molecular flexibility index (Phi) is 8.15. The molecule has 1 aliphatic heterocycles. The van der Waals surface area contributed by atoms with Gasteiger partial charge < -0.3 is 14.8 Å². The largest absolute Gasteiger partial charge is 0.493 e. The minimum absolute atomic E-state index is 0.152. The summed E-state index contributed by atoms with van der Waals surface area (Å²) in [4.78, 5) is 38.8. The third kappa shape index (κ3) is 6.31. The van der Waals surface area contributed by atoms with Crippen LogP contribution in [0.4, 0.5) is 14.9 Å². The molecular formula is C27H22ClFN2O5S. The number of rotatable bonds is 8. The molecule has 4 rings (SSSR count). The predicted octanol–water partition coefficient (Wildman–Crippen LogP) is 6.05. The first-order valence-corrected chi connectivity index (χ1v) is 12.3. The van der Waals surface area contributed by atoms with Gasteiger partial charge in [-0.25, -0.2) is 4.39 Å². The first-order chi connectivity index (χ1) is 17.7. The second-order valence-corrected chi connectivity index (χ2v) is 9.50. The van der Waals surface area contributed by atoms with Gasteiger partial charge in [0.15, 0.2) is 18.1 Å². The number of ether oxygens (including phenoxy) is 2. The maximum absolute atomic E-state index is 14.0. The molecule has 1 N–H and O–H groups in total. The van der Waals surface area contributed by atoms with Crippen molar-refractivity contribution in [3.63, 3.8) is 0 Å². The summed E-state index contributed by atoms with van der Waals surface area (Å²) in [5, 5.41) is 2.40. The van der Waals surface area contributed by atoms with Crippen LogP contribution in [0.3, 0.4) is 0 Å². The van der Waals surface area contributed by atoms with Crippen LogP contribution < -0.4 is 14.8 Å². The Hall–Kier alpha value is -3.82. The minimum Gasteiger partial charge on any atom is -0.493 e. The molecule has 1 fully saturated rings. The highest BCUT2D eigenvalue weighted by atomic mass is 35.5. The summed E-state index contributed by atoms with van der Waals surface area (Å²) in [5.74, 6) is -1.01. The highest BCUT2D eigenvalue weighted by molar-refractivity contribution is 8.18. The van der Waals surface area contributed by atoms with Crippen LogP contribution in [0.1, 0.15) is 16.7 Å². The molecule has 10 heteroatoms. The third-order valence-electron chi connectivity index (χ3n) is 5.36. The van der Waals surface area contributed by atoms with Gasteiger partial charge in [-0.05, 0) is 66.2 Å². The maximum atomic E-state index is 14.0. The molecule has 0 spiro atoms. The van der Waals surface area contributed by atoms with Crippen LogP contribution in [-0.2, 0) is 16.1 Å². The van der Waals surface area contributed by atoms with Gasteiger partial charge >= 0.3 is 0 Å². The second kappa shape index (κ2) is 11.5. The van der Waals surface area contributed by atoms with E-state index in [1.807, 2.05) is 25.1 Å². The topological polar surface area (TPSA) is 84.9 Å². The number of halogens is 2. The molecule has 0 aromatic heterocycles. The number of imide groups is 1. The van der Waals surface area contributed by atoms with Crippen molar-refractivity contribution in [3.8, 4) is 11.5 Å². The van der Waals surface area contributed by atoms with Gasteiger partial charge in [0, 0.05) is 11.3 Å². The standard InChI is InChI=1S/C27H22ClFN2O5S/c1-16-6-5-8-19(10-16)30-24(32)15-36-25-20(28)11-17(12-22(25)35-2)13-23-26(33)31(27(34)37-23)14-18-7-3-4-9-21(18)29/h3-13H,14-15H2,1-2H3,(H,30,32)/b23-13-. The molecule has 190 valence electrons. The van der Waals surface area contributed by atoms with Crippen LogP contribution >= 0.6 is 23.4 Å². The summed E-state index contributed by atoms with van der Waals surface area (Å²) in [6.07, 6.45) is 1.49. The first-order valence-electron chi connectivity index (χ1n) is 11.1. The Balaban J connectivity index is 1.47. The van der Waals surface area contributed by atoms with E-state index in [-0.39, 0.29) is 46.0 Å². The Morgan fingerprint density at radius 3 is 2.65 bits per heavy atom. The van der Waals surface area contributed by atoms with Crippen LogP contribution in [0.25, 0.3) is 6.08 Å². The van der Waals surface area contributed by atoms with Gasteiger partial charge in [-0.15, -0.1) is 0 Å². The smallest absolute Gasteiger partial charge is 0.293 e. The molecule has 0 atom stereocenters. The number of benzene rings is 3. The lowest BCUT2D eigenvalue weighted by molar-refractivity contribution is -0.123. The molecule has 1 aliphatic rings. The number of aryl methyl sites for hydroxylation is 1. The monoisotopic (exact) mass is 540 g/mol. The number of amides is 3. The van der Waals surface area contributed by atoms with Crippen LogP contribution in [0.5, 0.6) is 11.5 Å². The normalized spacial score (nSPS) is 14.3. The fraction of sp³-hybridized carbons (Fsp3) is 0.148. The summed E-state index contributed by atoms with van der Waals surface area (Å²) >= 11 is 7.15. The molecule has 1 saturated heterocycles. The van der Waals surface area contributed by atoms with E-state index in [1.165, 1.54) is 37.5 Å². The lowest BCUT2D eigenvalue weighted by atomic mass is 10.1. The Morgan fingerprint density at radius 2 is 1.92 bits per heavy atom. The predicted molar refractivity (Wildman–Crippen MR) is 141 cm³/mol. The van der Waals surface area contributed by atoms with E-state index in [9.17, 15) is 18.8 Å². The molecule has 1 heterocycles.